The lowest BCUT2D eigenvalue weighted by Gasteiger charge is -2.01. The summed E-state index contributed by atoms with van der Waals surface area (Å²) in [6.07, 6.45) is 5.12. The van der Waals surface area contributed by atoms with Crippen molar-refractivity contribution in [1.29, 1.82) is 0 Å². The van der Waals surface area contributed by atoms with Crippen LogP contribution >= 0.6 is 27.3 Å². The van der Waals surface area contributed by atoms with Crippen molar-refractivity contribution in [3.05, 3.63) is 44.3 Å². The summed E-state index contributed by atoms with van der Waals surface area (Å²) in [7, 11) is 0. The lowest BCUT2D eigenvalue weighted by atomic mass is 10.2. The average molecular weight is 325 g/mol. The molecule has 0 unspecified atom stereocenters. The Morgan fingerprint density at radius 1 is 1.61 bits per heavy atom. The molecule has 0 aliphatic rings. The van der Waals surface area contributed by atoms with Crippen molar-refractivity contribution < 1.29 is 4.79 Å². The molecule has 0 aliphatic carbocycles. The van der Waals surface area contributed by atoms with Gasteiger partial charge in [0.25, 0.3) is 0 Å². The summed E-state index contributed by atoms with van der Waals surface area (Å²) >= 11 is 4.99. The Balaban J connectivity index is 2.25. The van der Waals surface area contributed by atoms with Gasteiger partial charge < -0.3 is 0 Å². The van der Waals surface area contributed by atoms with Crippen LogP contribution in [0.5, 0.6) is 0 Å². The third kappa shape index (κ3) is 2.62. The van der Waals surface area contributed by atoms with Crippen molar-refractivity contribution >= 4 is 39.1 Å². The Morgan fingerprint density at radius 2 is 2.39 bits per heavy atom. The van der Waals surface area contributed by atoms with Crippen LogP contribution in [0.3, 0.4) is 0 Å². The summed E-state index contributed by atoms with van der Waals surface area (Å²) in [5, 5.41) is 6.16. The Morgan fingerprint density at radius 3 is 3.00 bits per heavy atom. The molecule has 2 aromatic heterocycles. The number of allylic oxidation sites excluding steroid dienone is 1. The molecule has 0 aromatic carbocycles. The van der Waals surface area contributed by atoms with Gasteiger partial charge in [-0.25, -0.2) is 0 Å². The van der Waals surface area contributed by atoms with E-state index in [1.807, 2.05) is 31.4 Å². The van der Waals surface area contributed by atoms with Gasteiger partial charge in [-0.1, -0.05) is 0 Å². The van der Waals surface area contributed by atoms with E-state index in [1.165, 1.54) is 5.56 Å². The van der Waals surface area contributed by atoms with Crippen LogP contribution in [0.25, 0.3) is 6.08 Å². The SMILES string of the molecule is CCn1ncc(Br)c1C(=O)/C=C/c1sccc1C. The fraction of sp³-hybridized carbons (Fsp3) is 0.231. The van der Waals surface area contributed by atoms with Gasteiger partial charge in [0.2, 0.25) is 5.78 Å². The number of carbonyl (C=O) groups is 1. The van der Waals surface area contributed by atoms with E-state index in [-0.39, 0.29) is 5.78 Å². The number of hydrogen-bond acceptors (Lipinski definition) is 3. The Labute approximate surface area is 118 Å². The maximum absolute atomic E-state index is 12.1. The Kier molecular flexibility index (Phi) is 4.14. The van der Waals surface area contributed by atoms with E-state index in [2.05, 4.69) is 21.0 Å². The average Bonchev–Trinajstić information content (AvgIpc) is 2.92. The van der Waals surface area contributed by atoms with E-state index < -0.39 is 0 Å². The normalized spacial score (nSPS) is 11.3. The molecule has 0 saturated heterocycles. The molecule has 2 aromatic rings. The second-order valence-corrected chi connectivity index (χ2v) is 5.62. The van der Waals surface area contributed by atoms with Gasteiger partial charge >= 0.3 is 0 Å². The third-order valence-electron chi connectivity index (χ3n) is 2.62. The summed E-state index contributed by atoms with van der Waals surface area (Å²) < 4.78 is 2.43. The lowest BCUT2D eigenvalue weighted by molar-refractivity contribution is 0.103. The van der Waals surface area contributed by atoms with E-state index in [0.29, 0.717) is 12.2 Å². The first-order valence-electron chi connectivity index (χ1n) is 5.61. The molecule has 0 amide bonds. The summed E-state index contributed by atoms with van der Waals surface area (Å²) in [5.41, 5.74) is 1.79. The molecule has 0 bridgehead atoms. The zero-order chi connectivity index (χ0) is 13.1. The number of aromatic nitrogens is 2. The van der Waals surface area contributed by atoms with Crippen LogP contribution in [-0.2, 0) is 6.54 Å². The third-order valence-corrected chi connectivity index (χ3v) is 4.18. The molecule has 94 valence electrons. The van der Waals surface area contributed by atoms with Gasteiger partial charge in [-0.05, 0) is 58.9 Å². The van der Waals surface area contributed by atoms with Crippen molar-refractivity contribution in [2.75, 3.05) is 0 Å². The lowest BCUT2D eigenvalue weighted by Crippen LogP contribution is -2.07. The number of halogens is 1. The maximum Gasteiger partial charge on any atom is 0.205 e. The van der Waals surface area contributed by atoms with Crippen LogP contribution in [0.2, 0.25) is 0 Å². The standard InChI is InChI=1S/C13H13BrN2OS/c1-3-16-13(10(14)8-15-16)11(17)4-5-12-9(2)6-7-18-12/h4-8H,3H2,1-2H3/b5-4+. The first kappa shape index (κ1) is 13.2. The second kappa shape index (κ2) is 5.63. The maximum atomic E-state index is 12.1. The highest BCUT2D eigenvalue weighted by molar-refractivity contribution is 9.10. The number of rotatable bonds is 4. The minimum Gasteiger partial charge on any atom is -0.288 e. The van der Waals surface area contributed by atoms with E-state index in [4.69, 9.17) is 0 Å². The number of nitrogens with zero attached hydrogens (tertiary/aromatic N) is 2. The van der Waals surface area contributed by atoms with Gasteiger partial charge in [-0.3, -0.25) is 9.48 Å². The first-order valence-corrected chi connectivity index (χ1v) is 7.28. The summed E-state index contributed by atoms with van der Waals surface area (Å²) in [5.74, 6) is -0.0333. The van der Waals surface area contributed by atoms with E-state index in [1.54, 1.807) is 28.3 Å². The number of aryl methyl sites for hydroxylation is 2. The van der Waals surface area contributed by atoms with E-state index in [0.717, 1.165) is 9.35 Å². The molecule has 0 saturated carbocycles. The predicted octanol–water partition coefficient (Wildman–Crippen LogP) is 3.93. The van der Waals surface area contributed by atoms with Gasteiger partial charge in [0.05, 0.1) is 10.7 Å². The number of ketones is 1. The number of carbonyl (C=O) groups excluding carboxylic acids is 1. The molecule has 0 spiro atoms. The van der Waals surface area contributed by atoms with Crippen molar-refractivity contribution in [3.63, 3.8) is 0 Å². The fourth-order valence-corrected chi connectivity index (χ4v) is 2.94. The van der Waals surface area contributed by atoms with Gasteiger partial charge in [0.1, 0.15) is 5.69 Å². The predicted molar refractivity (Wildman–Crippen MR) is 78.0 cm³/mol. The molecular weight excluding hydrogens is 312 g/mol. The summed E-state index contributed by atoms with van der Waals surface area (Å²) in [6.45, 7) is 4.68. The highest BCUT2D eigenvalue weighted by atomic mass is 79.9. The van der Waals surface area contributed by atoms with Crippen molar-refractivity contribution in [2.24, 2.45) is 0 Å². The molecule has 0 atom stereocenters. The highest BCUT2D eigenvalue weighted by Crippen LogP contribution is 2.20. The second-order valence-electron chi connectivity index (χ2n) is 3.82. The van der Waals surface area contributed by atoms with Crippen LogP contribution in [0.4, 0.5) is 0 Å². The van der Waals surface area contributed by atoms with Crippen LogP contribution < -0.4 is 0 Å². The molecule has 0 fully saturated rings. The highest BCUT2D eigenvalue weighted by Gasteiger charge is 2.13. The van der Waals surface area contributed by atoms with Gasteiger partial charge in [0, 0.05) is 11.4 Å². The van der Waals surface area contributed by atoms with Crippen LogP contribution in [0.15, 0.2) is 28.2 Å². The van der Waals surface area contributed by atoms with Crippen LogP contribution in [0.1, 0.15) is 27.9 Å². The Hall–Kier alpha value is -1.20. The minimum absolute atomic E-state index is 0.0333. The molecule has 18 heavy (non-hydrogen) atoms. The van der Waals surface area contributed by atoms with Gasteiger partial charge in [-0.15, -0.1) is 11.3 Å². The van der Waals surface area contributed by atoms with Gasteiger partial charge in [0.15, 0.2) is 0 Å². The molecular formula is C13H13BrN2OS. The van der Waals surface area contributed by atoms with Crippen molar-refractivity contribution in [3.8, 4) is 0 Å². The number of thiophene rings is 1. The quantitative estimate of drug-likeness (QED) is 0.630. The fourth-order valence-electron chi connectivity index (χ4n) is 1.63. The van der Waals surface area contributed by atoms with Crippen molar-refractivity contribution in [2.45, 2.75) is 20.4 Å². The molecule has 3 nitrogen and oxygen atoms in total. The zero-order valence-electron chi connectivity index (χ0n) is 10.2. The molecule has 2 rings (SSSR count). The largest absolute Gasteiger partial charge is 0.288 e. The molecule has 0 aliphatic heterocycles. The molecule has 0 radical (unpaired) electrons. The Bertz CT molecular complexity index is 598. The molecule has 0 N–H and O–H groups in total. The molecule has 2 heterocycles. The van der Waals surface area contributed by atoms with Crippen LogP contribution in [-0.4, -0.2) is 15.6 Å². The summed E-state index contributed by atoms with van der Waals surface area (Å²) in [6, 6.07) is 2.04. The van der Waals surface area contributed by atoms with E-state index >= 15 is 0 Å². The minimum atomic E-state index is -0.0333. The van der Waals surface area contributed by atoms with Crippen molar-refractivity contribution in [1.82, 2.24) is 9.78 Å². The van der Waals surface area contributed by atoms with E-state index in [9.17, 15) is 4.79 Å². The van der Waals surface area contributed by atoms with Crippen LogP contribution in [0, 0.1) is 6.92 Å². The topological polar surface area (TPSA) is 34.9 Å². The smallest absolute Gasteiger partial charge is 0.205 e. The molecule has 5 heteroatoms. The first-order chi connectivity index (χ1) is 8.63. The van der Waals surface area contributed by atoms with Gasteiger partial charge in [-0.2, -0.15) is 5.10 Å². The monoisotopic (exact) mass is 324 g/mol. The summed E-state index contributed by atoms with van der Waals surface area (Å²) in [4.78, 5) is 13.3. The zero-order valence-corrected chi connectivity index (χ0v) is 12.6. The number of hydrogen-bond donors (Lipinski definition) is 0.